The van der Waals surface area contributed by atoms with Gasteiger partial charge in [0.25, 0.3) is 11.8 Å². The molecule has 27 heavy (non-hydrogen) atoms. The molecule has 1 heterocycles. The van der Waals surface area contributed by atoms with Crippen molar-refractivity contribution >= 4 is 23.4 Å². The molecule has 2 atom stereocenters. The fraction of sp³-hybridized carbons (Fsp3) is 0.318. The highest BCUT2D eigenvalue weighted by atomic mass is 16.2. The lowest BCUT2D eigenvalue weighted by atomic mass is 10.0. The SMILES string of the molecule is CCC(C)N(C(=O)c1cccc(C)c1)C1CC(=O)N(c2ccccc2)C1=O. The van der Waals surface area contributed by atoms with E-state index in [1.54, 1.807) is 35.2 Å². The third-order valence-corrected chi connectivity index (χ3v) is 5.04. The molecule has 0 saturated carbocycles. The Morgan fingerprint density at radius 3 is 2.48 bits per heavy atom. The van der Waals surface area contributed by atoms with Crippen LogP contribution in [-0.2, 0) is 9.59 Å². The van der Waals surface area contributed by atoms with E-state index in [1.165, 1.54) is 4.90 Å². The van der Waals surface area contributed by atoms with Crippen LogP contribution in [0.4, 0.5) is 5.69 Å². The zero-order chi connectivity index (χ0) is 19.6. The summed E-state index contributed by atoms with van der Waals surface area (Å²) in [5.41, 5.74) is 2.06. The molecule has 0 bridgehead atoms. The summed E-state index contributed by atoms with van der Waals surface area (Å²) in [6.45, 7) is 5.81. The van der Waals surface area contributed by atoms with Crippen LogP contribution in [0.3, 0.4) is 0 Å². The average molecular weight is 364 g/mol. The molecule has 5 nitrogen and oxygen atoms in total. The number of amides is 3. The number of hydrogen-bond donors (Lipinski definition) is 0. The Morgan fingerprint density at radius 1 is 1.15 bits per heavy atom. The molecule has 140 valence electrons. The van der Waals surface area contributed by atoms with Crippen LogP contribution in [-0.4, -0.2) is 34.7 Å². The third kappa shape index (κ3) is 3.63. The summed E-state index contributed by atoms with van der Waals surface area (Å²) in [5, 5.41) is 0. The second-order valence-electron chi connectivity index (χ2n) is 6.96. The summed E-state index contributed by atoms with van der Waals surface area (Å²) in [6, 6.07) is 15.2. The predicted octanol–water partition coefficient (Wildman–Crippen LogP) is 3.57. The minimum Gasteiger partial charge on any atom is -0.323 e. The quantitative estimate of drug-likeness (QED) is 0.762. The number of imide groups is 1. The van der Waals surface area contributed by atoms with Crippen molar-refractivity contribution in [2.45, 2.75) is 45.7 Å². The Bertz CT molecular complexity index is 863. The van der Waals surface area contributed by atoms with Crippen LogP contribution in [0.1, 0.15) is 42.6 Å². The molecule has 0 aliphatic carbocycles. The average Bonchev–Trinajstić information content (AvgIpc) is 2.96. The van der Waals surface area contributed by atoms with Gasteiger partial charge >= 0.3 is 0 Å². The Kier molecular flexibility index (Phi) is 5.40. The van der Waals surface area contributed by atoms with Gasteiger partial charge in [-0.25, -0.2) is 4.90 Å². The Labute approximate surface area is 159 Å². The van der Waals surface area contributed by atoms with Crippen LogP contribution in [0.5, 0.6) is 0 Å². The fourth-order valence-corrected chi connectivity index (χ4v) is 3.45. The van der Waals surface area contributed by atoms with Gasteiger partial charge < -0.3 is 4.90 Å². The summed E-state index contributed by atoms with van der Waals surface area (Å²) >= 11 is 0. The molecule has 2 aromatic rings. The van der Waals surface area contributed by atoms with E-state index in [4.69, 9.17) is 0 Å². The van der Waals surface area contributed by atoms with Gasteiger partial charge in [0, 0.05) is 11.6 Å². The first-order chi connectivity index (χ1) is 12.9. The summed E-state index contributed by atoms with van der Waals surface area (Å²) in [4.78, 5) is 41.7. The Balaban J connectivity index is 1.95. The van der Waals surface area contributed by atoms with Crippen LogP contribution < -0.4 is 4.90 Å². The zero-order valence-electron chi connectivity index (χ0n) is 15.9. The highest BCUT2D eigenvalue weighted by Crippen LogP contribution is 2.28. The molecule has 0 aromatic heterocycles. The van der Waals surface area contributed by atoms with E-state index in [2.05, 4.69) is 0 Å². The molecular weight excluding hydrogens is 340 g/mol. The van der Waals surface area contributed by atoms with Crippen LogP contribution in [0.15, 0.2) is 54.6 Å². The molecule has 3 amide bonds. The van der Waals surface area contributed by atoms with Gasteiger partial charge in [-0.15, -0.1) is 0 Å². The lowest BCUT2D eigenvalue weighted by molar-refractivity contribution is -0.122. The first kappa shape index (κ1) is 18.8. The number of carbonyl (C=O) groups excluding carboxylic acids is 3. The first-order valence-corrected chi connectivity index (χ1v) is 9.25. The van der Waals surface area contributed by atoms with Crippen molar-refractivity contribution < 1.29 is 14.4 Å². The molecule has 0 spiro atoms. The van der Waals surface area contributed by atoms with Crippen molar-refractivity contribution in [3.63, 3.8) is 0 Å². The Morgan fingerprint density at radius 2 is 1.85 bits per heavy atom. The summed E-state index contributed by atoms with van der Waals surface area (Å²) in [6.07, 6.45) is 0.705. The second kappa shape index (κ2) is 7.74. The molecular formula is C22H24N2O3. The largest absolute Gasteiger partial charge is 0.323 e. The number of hydrogen-bond acceptors (Lipinski definition) is 3. The van der Waals surface area contributed by atoms with Gasteiger partial charge in [0.05, 0.1) is 12.1 Å². The number of carbonyl (C=O) groups is 3. The first-order valence-electron chi connectivity index (χ1n) is 9.25. The van der Waals surface area contributed by atoms with Gasteiger partial charge in [-0.05, 0) is 44.5 Å². The summed E-state index contributed by atoms with van der Waals surface area (Å²) < 4.78 is 0. The van der Waals surface area contributed by atoms with E-state index >= 15 is 0 Å². The van der Waals surface area contributed by atoms with Gasteiger partial charge in [0.2, 0.25) is 5.91 Å². The van der Waals surface area contributed by atoms with E-state index in [0.29, 0.717) is 17.7 Å². The van der Waals surface area contributed by atoms with Gasteiger partial charge in [-0.1, -0.05) is 42.8 Å². The molecule has 3 rings (SSSR count). The molecule has 0 radical (unpaired) electrons. The monoisotopic (exact) mass is 364 g/mol. The van der Waals surface area contributed by atoms with Gasteiger partial charge in [0.1, 0.15) is 6.04 Å². The maximum absolute atomic E-state index is 13.2. The third-order valence-electron chi connectivity index (χ3n) is 5.04. The smallest absolute Gasteiger partial charge is 0.257 e. The number of para-hydroxylation sites is 1. The topological polar surface area (TPSA) is 57.7 Å². The van der Waals surface area contributed by atoms with Crippen LogP contribution in [0.25, 0.3) is 0 Å². The van der Waals surface area contributed by atoms with E-state index < -0.39 is 6.04 Å². The van der Waals surface area contributed by atoms with Gasteiger partial charge in [0.15, 0.2) is 0 Å². The number of nitrogens with zero attached hydrogens (tertiary/aromatic N) is 2. The maximum Gasteiger partial charge on any atom is 0.257 e. The van der Waals surface area contributed by atoms with E-state index in [0.717, 1.165) is 5.56 Å². The van der Waals surface area contributed by atoms with Crippen molar-refractivity contribution in [1.82, 2.24) is 4.90 Å². The number of aryl methyl sites for hydroxylation is 1. The summed E-state index contributed by atoms with van der Waals surface area (Å²) in [7, 11) is 0. The predicted molar refractivity (Wildman–Crippen MR) is 104 cm³/mol. The van der Waals surface area contributed by atoms with Crippen LogP contribution >= 0.6 is 0 Å². The lowest BCUT2D eigenvalue weighted by Gasteiger charge is -2.33. The molecule has 1 aliphatic heterocycles. The Hall–Kier alpha value is -2.95. The van der Waals surface area contributed by atoms with Gasteiger partial charge in [-0.3, -0.25) is 14.4 Å². The molecule has 2 unspecified atom stereocenters. The number of benzene rings is 2. The second-order valence-corrected chi connectivity index (χ2v) is 6.96. The highest BCUT2D eigenvalue weighted by molar-refractivity contribution is 6.23. The minimum atomic E-state index is -0.777. The van der Waals surface area contributed by atoms with Crippen molar-refractivity contribution in [2.24, 2.45) is 0 Å². The number of rotatable bonds is 5. The van der Waals surface area contributed by atoms with E-state index in [9.17, 15) is 14.4 Å². The van der Waals surface area contributed by atoms with Crippen molar-refractivity contribution in [3.8, 4) is 0 Å². The van der Waals surface area contributed by atoms with Crippen molar-refractivity contribution in [3.05, 3.63) is 65.7 Å². The molecule has 0 N–H and O–H groups in total. The van der Waals surface area contributed by atoms with Crippen molar-refractivity contribution in [2.75, 3.05) is 4.90 Å². The number of anilines is 1. The standard InChI is InChI=1S/C22H24N2O3/c1-4-16(3)23(21(26)17-10-8-9-15(2)13-17)19-14-20(25)24(22(19)27)18-11-6-5-7-12-18/h5-13,16,19H,4,14H2,1-3H3. The summed E-state index contributed by atoms with van der Waals surface area (Å²) in [5.74, 6) is -0.830. The lowest BCUT2D eigenvalue weighted by Crippen LogP contribution is -2.49. The van der Waals surface area contributed by atoms with E-state index in [-0.39, 0.29) is 30.2 Å². The maximum atomic E-state index is 13.2. The molecule has 5 heteroatoms. The molecule has 1 aliphatic rings. The fourth-order valence-electron chi connectivity index (χ4n) is 3.45. The van der Waals surface area contributed by atoms with Crippen LogP contribution in [0.2, 0.25) is 0 Å². The minimum absolute atomic E-state index is 0.00955. The zero-order valence-corrected chi connectivity index (χ0v) is 15.9. The van der Waals surface area contributed by atoms with Gasteiger partial charge in [-0.2, -0.15) is 0 Å². The highest BCUT2D eigenvalue weighted by Gasteiger charge is 2.45. The van der Waals surface area contributed by atoms with Crippen LogP contribution in [0, 0.1) is 6.92 Å². The van der Waals surface area contributed by atoms with Crippen molar-refractivity contribution in [1.29, 1.82) is 0 Å². The molecule has 1 fully saturated rings. The molecule has 2 aromatic carbocycles. The normalized spacial score (nSPS) is 17.9. The molecule has 1 saturated heterocycles. The van der Waals surface area contributed by atoms with E-state index in [1.807, 2.05) is 45.0 Å².